The van der Waals surface area contributed by atoms with Crippen molar-refractivity contribution in [2.24, 2.45) is 0 Å². The molecular weight excluding hydrogens is 819 g/mol. The minimum Gasteiger partial charge on any atom is -0.310 e. The van der Waals surface area contributed by atoms with Crippen LogP contribution in [-0.2, 0) is 10.8 Å². The largest absolute Gasteiger partial charge is 0.310 e. The van der Waals surface area contributed by atoms with Gasteiger partial charge in [0, 0.05) is 22.4 Å². The molecule has 0 N–H and O–H groups in total. The molecule has 13 rings (SSSR count). The number of benzene rings is 11. The molecule has 320 valence electrons. The van der Waals surface area contributed by atoms with E-state index in [0.717, 1.165) is 22.6 Å². The van der Waals surface area contributed by atoms with Gasteiger partial charge in [0.2, 0.25) is 0 Å². The number of para-hydroxylation sites is 1. The molecule has 0 fully saturated rings. The van der Waals surface area contributed by atoms with E-state index in [-0.39, 0.29) is 5.41 Å². The summed E-state index contributed by atoms with van der Waals surface area (Å²) in [4.78, 5) is 2.54. The van der Waals surface area contributed by atoms with Crippen molar-refractivity contribution in [1.29, 1.82) is 0 Å². The highest BCUT2D eigenvalue weighted by molar-refractivity contribution is 6.09. The van der Waals surface area contributed by atoms with Gasteiger partial charge in [-0.1, -0.05) is 237 Å². The van der Waals surface area contributed by atoms with Crippen molar-refractivity contribution in [2.75, 3.05) is 4.90 Å². The first-order valence-corrected chi connectivity index (χ1v) is 23.8. The van der Waals surface area contributed by atoms with E-state index in [1.165, 1.54) is 88.7 Å². The lowest BCUT2D eigenvalue weighted by Gasteiger charge is -2.35. The third-order valence-electron chi connectivity index (χ3n) is 15.0. The van der Waals surface area contributed by atoms with E-state index in [0.29, 0.717) is 0 Å². The molecule has 11 aromatic rings. The van der Waals surface area contributed by atoms with Gasteiger partial charge in [-0.05, 0) is 126 Å². The lowest BCUT2D eigenvalue weighted by molar-refractivity contribution is 0.714. The fourth-order valence-electron chi connectivity index (χ4n) is 12.0. The summed E-state index contributed by atoms with van der Waals surface area (Å²) in [7, 11) is 0. The molecule has 0 radical (unpaired) electrons. The van der Waals surface area contributed by atoms with E-state index in [9.17, 15) is 0 Å². The summed E-state index contributed by atoms with van der Waals surface area (Å²) in [6.07, 6.45) is 0. The number of hydrogen-bond acceptors (Lipinski definition) is 1. The Bertz CT molecular complexity index is 3640. The van der Waals surface area contributed by atoms with Crippen molar-refractivity contribution in [1.82, 2.24) is 0 Å². The van der Waals surface area contributed by atoms with Crippen molar-refractivity contribution in [3.05, 3.63) is 306 Å². The molecule has 1 unspecified atom stereocenters. The van der Waals surface area contributed by atoms with Gasteiger partial charge in [-0.3, -0.25) is 0 Å². The third-order valence-corrected chi connectivity index (χ3v) is 15.0. The average Bonchev–Trinajstić information content (AvgIpc) is 3.86. The maximum Gasteiger partial charge on any atom is 0.0714 e. The molecule has 0 saturated heterocycles. The second-order valence-electron chi connectivity index (χ2n) is 18.5. The van der Waals surface area contributed by atoms with Crippen molar-refractivity contribution in [3.8, 4) is 44.5 Å². The summed E-state index contributed by atoms with van der Waals surface area (Å²) in [6, 6.07) is 99.2. The van der Waals surface area contributed by atoms with Crippen LogP contribution in [0.1, 0.15) is 45.9 Å². The van der Waals surface area contributed by atoms with Gasteiger partial charge in [0.1, 0.15) is 0 Å². The van der Waals surface area contributed by atoms with E-state index in [1.54, 1.807) is 0 Å². The summed E-state index contributed by atoms with van der Waals surface area (Å²) in [5, 5.41) is 2.45. The van der Waals surface area contributed by atoms with Gasteiger partial charge in [0.15, 0.2) is 0 Å². The number of nitrogens with zero attached hydrogens (tertiary/aromatic N) is 1. The molecule has 1 heteroatoms. The molecule has 11 aromatic carbocycles. The molecule has 1 nitrogen and oxygen atoms in total. The normalized spacial score (nSPS) is 15.0. The smallest absolute Gasteiger partial charge is 0.0714 e. The van der Waals surface area contributed by atoms with E-state index in [1.807, 2.05) is 0 Å². The average molecular weight is 866 g/mol. The molecule has 0 amide bonds. The van der Waals surface area contributed by atoms with Crippen LogP contribution in [0.2, 0.25) is 0 Å². The van der Waals surface area contributed by atoms with Crippen LogP contribution in [0.4, 0.5) is 17.1 Å². The first kappa shape index (κ1) is 39.8. The highest BCUT2D eigenvalue weighted by Crippen LogP contribution is 2.59. The minimum atomic E-state index is -0.554. The number of hydrogen-bond donors (Lipinski definition) is 0. The van der Waals surface area contributed by atoms with Crippen LogP contribution in [0.25, 0.3) is 55.3 Å². The summed E-state index contributed by atoms with van der Waals surface area (Å²) < 4.78 is 0. The van der Waals surface area contributed by atoms with Crippen LogP contribution in [-0.4, -0.2) is 0 Å². The maximum absolute atomic E-state index is 2.54. The van der Waals surface area contributed by atoms with Crippen LogP contribution < -0.4 is 4.90 Å². The molecule has 0 saturated carbocycles. The molecule has 2 aliphatic rings. The van der Waals surface area contributed by atoms with E-state index in [4.69, 9.17) is 0 Å². The van der Waals surface area contributed by atoms with Crippen LogP contribution in [0.5, 0.6) is 0 Å². The Morgan fingerprint density at radius 3 is 1.37 bits per heavy atom. The Morgan fingerprint density at radius 2 is 0.735 bits per heavy atom. The Labute approximate surface area is 398 Å². The molecule has 68 heavy (non-hydrogen) atoms. The Kier molecular flexibility index (Phi) is 9.27. The Morgan fingerprint density at radius 1 is 0.294 bits per heavy atom. The zero-order valence-corrected chi connectivity index (χ0v) is 37.9. The number of anilines is 3. The Hall–Kier alpha value is -8.52. The van der Waals surface area contributed by atoms with Gasteiger partial charge in [-0.25, -0.2) is 0 Å². The molecule has 1 atom stereocenters. The fraction of sp³-hybridized carbons (Fsp3) is 0.0448. The predicted octanol–water partition coefficient (Wildman–Crippen LogP) is 17.3. The number of fused-ring (bicyclic) bond motifs is 7. The SMILES string of the molecule is CC1(c2ccccc2)c2ccccc2-c2ccc(N(c3ccc4c(c3)C(c3ccccc3)(c3ccccc3)c3ccccc3-4)c3ccccc3-c3cccc4cccc(-c5ccccc5)c34)cc21. The molecular formula is C67H47N. The molecule has 2 aliphatic carbocycles. The first-order chi connectivity index (χ1) is 33.6. The van der Waals surface area contributed by atoms with Gasteiger partial charge in [0.05, 0.1) is 11.1 Å². The van der Waals surface area contributed by atoms with E-state index in [2.05, 4.69) is 279 Å². The van der Waals surface area contributed by atoms with Gasteiger partial charge in [0.25, 0.3) is 0 Å². The van der Waals surface area contributed by atoms with Crippen molar-refractivity contribution in [3.63, 3.8) is 0 Å². The standard InChI is InChI=1S/C67H47N/c1-66(48-26-8-3-9-27-48)60-37-17-14-32-54(60)56-42-40-51(44-62(56)66)68(64-39-19-16-34-58(64)59-36-21-25-47-24-20-35-53(65(47)59)46-22-6-2-7-23-46)52-41-43-57-55-33-15-18-38-61(55)67(63(57)45-52,49-28-10-4-11-29-49)50-30-12-5-13-31-50/h2-45H,1H3. The monoisotopic (exact) mass is 865 g/mol. The molecule has 0 bridgehead atoms. The van der Waals surface area contributed by atoms with Gasteiger partial charge in [-0.15, -0.1) is 0 Å². The summed E-state index contributed by atoms with van der Waals surface area (Å²) in [5.74, 6) is 0. The molecule has 0 heterocycles. The van der Waals surface area contributed by atoms with Gasteiger partial charge >= 0.3 is 0 Å². The highest BCUT2D eigenvalue weighted by atomic mass is 15.1. The second-order valence-corrected chi connectivity index (χ2v) is 18.5. The second kappa shape index (κ2) is 15.8. The topological polar surface area (TPSA) is 3.24 Å². The fourth-order valence-corrected chi connectivity index (χ4v) is 12.0. The van der Waals surface area contributed by atoms with Crippen LogP contribution in [0.15, 0.2) is 267 Å². The van der Waals surface area contributed by atoms with Gasteiger partial charge in [-0.2, -0.15) is 0 Å². The van der Waals surface area contributed by atoms with Crippen LogP contribution >= 0.6 is 0 Å². The lowest BCUT2D eigenvalue weighted by atomic mass is 9.67. The molecule has 0 aromatic heterocycles. The maximum atomic E-state index is 2.54. The lowest BCUT2D eigenvalue weighted by Crippen LogP contribution is -2.28. The summed E-state index contributed by atoms with van der Waals surface area (Å²) >= 11 is 0. The van der Waals surface area contributed by atoms with Crippen molar-refractivity contribution < 1.29 is 0 Å². The quantitative estimate of drug-likeness (QED) is 0.147. The summed E-state index contributed by atoms with van der Waals surface area (Å²) in [5.41, 5.74) is 21.3. The van der Waals surface area contributed by atoms with Crippen LogP contribution in [0, 0.1) is 0 Å². The zero-order valence-electron chi connectivity index (χ0n) is 37.9. The summed E-state index contributed by atoms with van der Waals surface area (Å²) in [6.45, 7) is 2.41. The first-order valence-electron chi connectivity index (χ1n) is 23.8. The highest BCUT2D eigenvalue weighted by Gasteiger charge is 2.47. The van der Waals surface area contributed by atoms with E-state index >= 15 is 0 Å². The van der Waals surface area contributed by atoms with Crippen molar-refractivity contribution >= 4 is 27.8 Å². The third kappa shape index (κ3) is 5.89. The van der Waals surface area contributed by atoms with Crippen molar-refractivity contribution in [2.45, 2.75) is 17.8 Å². The van der Waals surface area contributed by atoms with Crippen LogP contribution in [0.3, 0.4) is 0 Å². The van der Waals surface area contributed by atoms with E-state index < -0.39 is 5.41 Å². The Balaban J connectivity index is 1.11. The van der Waals surface area contributed by atoms with Gasteiger partial charge < -0.3 is 4.90 Å². The minimum absolute atomic E-state index is 0.371. The number of rotatable bonds is 8. The molecule has 0 spiro atoms. The molecule has 0 aliphatic heterocycles. The predicted molar refractivity (Wildman–Crippen MR) is 284 cm³/mol. The zero-order chi connectivity index (χ0) is 45.2.